The third-order valence-corrected chi connectivity index (χ3v) is 4.92. The molecule has 0 atom stereocenters. The smallest absolute Gasteiger partial charge is 0.300 e. The molecule has 2 saturated heterocycles. The molecule has 18 heavy (non-hydrogen) atoms. The summed E-state index contributed by atoms with van der Waals surface area (Å²) in [4.78, 5) is 31.6. The highest BCUT2D eigenvalue weighted by Crippen LogP contribution is 2.49. The van der Waals surface area contributed by atoms with Crippen LogP contribution in [0.3, 0.4) is 0 Å². The van der Waals surface area contributed by atoms with Crippen molar-refractivity contribution in [3.63, 3.8) is 0 Å². The quantitative estimate of drug-likeness (QED) is 0.743. The fraction of sp³-hybridized carbons (Fsp3) is 0.833. The molecule has 0 unspecified atom stereocenters. The van der Waals surface area contributed by atoms with Gasteiger partial charge in [-0.2, -0.15) is 0 Å². The second-order valence-electron chi connectivity index (χ2n) is 5.21. The SMILES string of the molecule is CCN1C(=O)N(C)[C@]2(C)N(C)C(=O)N(CC)[C@]12C. The van der Waals surface area contributed by atoms with Gasteiger partial charge in [-0.05, 0) is 27.7 Å². The molecule has 0 N–H and O–H groups in total. The first-order chi connectivity index (χ1) is 8.28. The molecular weight excluding hydrogens is 232 g/mol. The largest absolute Gasteiger partial charge is 0.323 e. The predicted molar refractivity (Wildman–Crippen MR) is 67.9 cm³/mol. The number of nitrogens with zero attached hydrogens (tertiary/aromatic N) is 4. The van der Waals surface area contributed by atoms with Crippen LogP contribution in [0, 0.1) is 0 Å². The van der Waals surface area contributed by atoms with Gasteiger partial charge in [0.25, 0.3) is 0 Å². The fourth-order valence-electron chi connectivity index (χ4n) is 3.51. The Balaban J connectivity index is 2.65. The molecule has 2 heterocycles. The van der Waals surface area contributed by atoms with Gasteiger partial charge in [-0.1, -0.05) is 0 Å². The molecule has 0 spiro atoms. The zero-order chi connectivity index (χ0) is 13.9. The highest BCUT2D eigenvalue weighted by molar-refractivity contribution is 5.87. The molecule has 2 aliphatic rings. The van der Waals surface area contributed by atoms with Gasteiger partial charge < -0.3 is 9.80 Å². The number of likely N-dealkylation sites (N-methyl/N-ethyl adjacent to an activating group) is 4. The number of urea groups is 2. The average Bonchev–Trinajstić information content (AvgIpc) is 2.58. The number of fused-ring (bicyclic) bond motifs is 1. The predicted octanol–water partition coefficient (Wildman–Crippen LogP) is 1.19. The molecule has 6 nitrogen and oxygen atoms in total. The van der Waals surface area contributed by atoms with Crippen molar-refractivity contribution in [2.75, 3.05) is 27.2 Å². The molecule has 2 rings (SSSR count). The van der Waals surface area contributed by atoms with E-state index in [2.05, 4.69) is 0 Å². The number of amides is 4. The summed E-state index contributed by atoms with van der Waals surface area (Å²) in [7, 11) is 3.53. The summed E-state index contributed by atoms with van der Waals surface area (Å²) < 4.78 is 0. The molecule has 0 saturated carbocycles. The highest BCUT2D eigenvalue weighted by Gasteiger charge is 2.71. The molecule has 2 fully saturated rings. The first-order valence-corrected chi connectivity index (χ1v) is 6.39. The molecule has 0 aromatic carbocycles. The standard InChI is InChI=1S/C12H22N4O2/c1-7-15-9(17)13(5)11(3)12(15,4)16(8-2)10(18)14(11)6/h7-8H2,1-6H3/t11-,12+. The fourth-order valence-corrected chi connectivity index (χ4v) is 3.51. The third kappa shape index (κ3) is 1.00. The summed E-state index contributed by atoms with van der Waals surface area (Å²) in [6.45, 7) is 9.00. The van der Waals surface area contributed by atoms with Gasteiger partial charge in [0.05, 0.1) is 0 Å². The minimum absolute atomic E-state index is 0.0275. The number of rotatable bonds is 2. The zero-order valence-corrected chi connectivity index (χ0v) is 12.0. The maximum atomic E-state index is 12.4. The van der Waals surface area contributed by atoms with E-state index in [0.29, 0.717) is 13.1 Å². The summed E-state index contributed by atoms with van der Waals surface area (Å²) >= 11 is 0. The first kappa shape index (κ1) is 13.0. The van der Waals surface area contributed by atoms with Crippen molar-refractivity contribution < 1.29 is 9.59 Å². The molecule has 0 bridgehead atoms. The summed E-state index contributed by atoms with van der Waals surface area (Å²) in [6, 6.07) is -0.0550. The number of carbonyl (C=O) groups excluding carboxylic acids is 2. The lowest BCUT2D eigenvalue weighted by molar-refractivity contribution is -0.0230. The minimum Gasteiger partial charge on any atom is -0.300 e. The second kappa shape index (κ2) is 3.52. The van der Waals surface area contributed by atoms with Gasteiger partial charge in [0.15, 0.2) is 11.3 Å². The monoisotopic (exact) mass is 254 g/mol. The molecule has 4 amide bonds. The van der Waals surface area contributed by atoms with E-state index in [1.54, 1.807) is 33.7 Å². The van der Waals surface area contributed by atoms with Crippen LogP contribution in [0.1, 0.15) is 27.7 Å². The maximum absolute atomic E-state index is 12.4. The van der Waals surface area contributed by atoms with Gasteiger partial charge in [-0.15, -0.1) is 0 Å². The van der Waals surface area contributed by atoms with E-state index in [-0.39, 0.29) is 12.1 Å². The van der Waals surface area contributed by atoms with Crippen molar-refractivity contribution in [1.82, 2.24) is 19.6 Å². The van der Waals surface area contributed by atoms with E-state index in [4.69, 9.17) is 0 Å². The molecule has 0 aliphatic carbocycles. The van der Waals surface area contributed by atoms with Gasteiger partial charge in [0.2, 0.25) is 0 Å². The Labute approximate surface area is 108 Å². The van der Waals surface area contributed by atoms with Crippen LogP contribution in [0.25, 0.3) is 0 Å². The van der Waals surface area contributed by atoms with Crippen LogP contribution in [0.2, 0.25) is 0 Å². The second-order valence-corrected chi connectivity index (χ2v) is 5.21. The molecule has 6 heteroatoms. The summed E-state index contributed by atoms with van der Waals surface area (Å²) in [5.74, 6) is 0. The highest BCUT2D eigenvalue weighted by atomic mass is 16.2. The van der Waals surface area contributed by atoms with Crippen LogP contribution in [0.5, 0.6) is 0 Å². The Hall–Kier alpha value is -1.46. The van der Waals surface area contributed by atoms with Gasteiger partial charge in [-0.3, -0.25) is 9.80 Å². The Morgan fingerprint density at radius 3 is 1.44 bits per heavy atom. The number of carbonyl (C=O) groups is 2. The van der Waals surface area contributed by atoms with E-state index in [0.717, 1.165) is 0 Å². The maximum Gasteiger partial charge on any atom is 0.323 e. The van der Waals surface area contributed by atoms with Crippen LogP contribution in [-0.4, -0.2) is 70.2 Å². The van der Waals surface area contributed by atoms with Crippen molar-refractivity contribution in [3.8, 4) is 0 Å². The summed E-state index contributed by atoms with van der Waals surface area (Å²) in [5, 5.41) is 0. The van der Waals surface area contributed by atoms with E-state index in [1.807, 2.05) is 27.7 Å². The van der Waals surface area contributed by atoms with Crippen LogP contribution in [0.4, 0.5) is 9.59 Å². The molecule has 2 aliphatic heterocycles. The van der Waals surface area contributed by atoms with Crippen LogP contribution >= 0.6 is 0 Å². The topological polar surface area (TPSA) is 47.1 Å². The van der Waals surface area contributed by atoms with Gasteiger partial charge in [0, 0.05) is 27.2 Å². The number of hydrogen-bond acceptors (Lipinski definition) is 2. The normalized spacial score (nSPS) is 35.9. The Morgan fingerprint density at radius 1 is 0.833 bits per heavy atom. The minimum atomic E-state index is -0.632. The van der Waals surface area contributed by atoms with E-state index in [1.165, 1.54) is 0 Å². The lowest BCUT2D eigenvalue weighted by Crippen LogP contribution is -2.63. The Bertz CT molecular complexity index is 379. The van der Waals surface area contributed by atoms with Gasteiger partial charge in [0.1, 0.15) is 0 Å². The lowest BCUT2D eigenvalue weighted by Gasteiger charge is -2.44. The Morgan fingerprint density at radius 2 is 1.17 bits per heavy atom. The van der Waals surface area contributed by atoms with E-state index < -0.39 is 11.3 Å². The van der Waals surface area contributed by atoms with Crippen LogP contribution < -0.4 is 0 Å². The van der Waals surface area contributed by atoms with Crippen molar-refractivity contribution in [2.24, 2.45) is 0 Å². The summed E-state index contributed by atoms with van der Waals surface area (Å²) in [5.41, 5.74) is -1.25. The first-order valence-electron chi connectivity index (χ1n) is 6.39. The van der Waals surface area contributed by atoms with Gasteiger partial charge >= 0.3 is 12.1 Å². The summed E-state index contributed by atoms with van der Waals surface area (Å²) in [6.07, 6.45) is 0. The molecule has 0 radical (unpaired) electrons. The third-order valence-electron chi connectivity index (χ3n) is 4.92. The number of hydrogen-bond donors (Lipinski definition) is 0. The zero-order valence-electron chi connectivity index (χ0n) is 12.0. The lowest BCUT2D eigenvalue weighted by atomic mass is 9.95. The van der Waals surface area contributed by atoms with Gasteiger partial charge in [-0.25, -0.2) is 9.59 Å². The van der Waals surface area contributed by atoms with Crippen molar-refractivity contribution in [3.05, 3.63) is 0 Å². The van der Waals surface area contributed by atoms with E-state index >= 15 is 0 Å². The van der Waals surface area contributed by atoms with Crippen LogP contribution in [0.15, 0.2) is 0 Å². The molecular formula is C12H22N4O2. The van der Waals surface area contributed by atoms with Crippen molar-refractivity contribution >= 4 is 12.1 Å². The van der Waals surface area contributed by atoms with E-state index in [9.17, 15) is 9.59 Å². The van der Waals surface area contributed by atoms with Crippen molar-refractivity contribution in [2.45, 2.75) is 39.0 Å². The van der Waals surface area contributed by atoms with Crippen molar-refractivity contribution in [1.29, 1.82) is 0 Å². The molecule has 0 aromatic heterocycles. The Kier molecular flexibility index (Phi) is 2.54. The molecule has 102 valence electrons. The average molecular weight is 254 g/mol. The van der Waals surface area contributed by atoms with Crippen LogP contribution in [-0.2, 0) is 0 Å². The molecule has 0 aromatic rings.